The lowest BCUT2D eigenvalue weighted by atomic mass is 9.76. The van der Waals surface area contributed by atoms with Gasteiger partial charge in [0, 0.05) is 19.1 Å². The van der Waals surface area contributed by atoms with Crippen LogP contribution in [0.3, 0.4) is 0 Å². The van der Waals surface area contributed by atoms with Crippen LogP contribution < -0.4 is 0 Å². The molecule has 3 heteroatoms. The molecule has 0 heterocycles. The molecule has 0 aliphatic rings. The highest BCUT2D eigenvalue weighted by Crippen LogP contribution is 2.37. The van der Waals surface area contributed by atoms with E-state index in [0.29, 0.717) is 13.2 Å². The molecule has 1 atom stereocenters. The molecule has 136 valence electrons. The van der Waals surface area contributed by atoms with E-state index < -0.39 is 5.60 Å². The second kappa shape index (κ2) is 9.71. The van der Waals surface area contributed by atoms with Crippen LogP contribution in [0.1, 0.15) is 31.9 Å². The van der Waals surface area contributed by atoms with Crippen LogP contribution >= 0.6 is 0 Å². The van der Waals surface area contributed by atoms with Crippen molar-refractivity contribution >= 4 is 0 Å². The third-order valence-electron chi connectivity index (χ3n) is 4.91. The van der Waals surface area contributed by atoms with Crippen molar-refractivity contribution in [3.05, 3.63) is 71.8 Å². The van der Waals surface area contributed by atoms with Crippen molar-refractivity contribution in [1.82, 2.24) is 4.90 Å². The largest absolute Gasteiger partial charge is 0.381 e. The molecule has 0 aliphatic carbocycles. The molecule has 1 N–H and O–H groups in total. The molecule has 0 bridgehead atoms. The molecule has 3 nitrogen and oxygen atoms in total. The number of ether oxygens (including phenoxy) is 1. The quantitative estimate of drug-likeness (QED) is 0.711. The van der Waals surface area contributed by atoms with E-state index in [1.54, 1.807) is 0 Å². The highest BCUT2D eigenvalue weighted by Gasteiger charge is 2.40. The lowest BCUT2D eigenvalue weighted by Crippen LogP contribution is -2.45. The minimum Gasteiger partial charge on any atom is -0.381 e. The van der Waals surface area contributed by atoms with E-state index in [4.69, 9.17) is 4.74 Å². The van der Waals surface area contributed by atoms with Gasteiger partial charge in [-0.1, -0.05) is 74.5 Å². The van der Waals surface area contributed by atoms with Crippen molar-refractivity contribution in [2.75, 3.05) is 32.8 Å². The topological polar surface area (TPSA) is 32.7 Å². The van der Waals surface area contributed by atoms with Crippen molar-refractivity contribution < 1.29 is 9.84 Å². The van der Waals surface area contributed by atoms with Gasteiger partial charge in [-0.2, -0.15) is 0 Å². The predicted molar refractivity (Wildman–Crippen MR) is 104 cm³/mol. The average molecular weight is 341 g/mol. The van der Waals surface area contributed by atoms with Gasteiger partial charge in [0.1, 0.15) is 5.60 Å². The fourth-order valence-corrected chi connectivity index (χ4v) is 3.38. The van der Waals surface area contributed by atoms with Crippen molar-refractivity contribution in [2.24, 2.45) is 5.92 Å². The smallest absolute Gasteiger partial charge is 0.121 e. The summed E-state index contributed by atoms with van der Waals surface area (Å²) >= 11 is 0. The Kier molecular flexibility index (Phi) is 7.63. The molecule has 0 radical (unpaired) electrons. The lowest BCUT2D eigenvalue weighted by Gasteiger charge is -2.39. The third-order valence-corrected chi connectivity index (χ3v) is 4.91. The van der Waals surface area contributed by atoms with Crippen LogP contribution in [0.25, 0.3) is 0 Å². The first-order valence-electron chi connectivity index (χ1n) is 9.30. The Hall–Kier alpha value is -1.68. The summed E-state index contributed by atoms with van der Waals surface area (Å²) < 4.78 is 5.79. The molecule has 2 aromatic carbocycles. The molecular formula is C22H31NO2. The van der Waals surface area contributed by atoms with Gasteiger partial charge in [0.05, 0.1) is 6.61 Å². The zero-order valence-corrected chi connectivity index (χ0v) is 15.7. The molecule has 0 spiro atoms. The molecule has 0 saturated heterocycles. The minimum absolute atomic E-state index is 0.0582. The number of hydrogen-bond donors (Lipinski definition) is 1. The summed E-state index contributed by atoms with van der Waals surface area (Å²) in [4.78, 5) is 2.35. The Morgan fingerprint density at radius 3 is 1.76 bits per heavy atom. The van der Waals surface area contributed by atoms with Crippen molar-refractivity contribution in [1.29, 1.82) is 0 Å². The van der Waals surface area contributed by atoms with Crippen LogP contribution in [0.4, 0.5) is 0 Å². The molecule has 0 aromatic heterocycles. The number of aliphatic hydroxyl groups is 1. The highest BCUT2D eigenvalue weighted by molar-refractivity contribution is 5.37. The zero-order chi connectivity index (χ0) is 18.1. The number of rotatable bonds is 10. The van der Waals surface area contributed by atoms with Crippen LogP contribution in [-0.2, 0) is 10.3 Å². The predicted octanol–water partition coefficient (Wildman–Crippen LogP) is 3.92. The van der Waals surface area contributed by atoms with E-state index in [1.807, 2.05) is 67.6 Å². The summed E-state index contributed by atoms with van der Waals surface area (Å²) in [5, 5.41) is 12.0. The maximum absolute atomic E-state index is 12.0. The highest BCUT2D eigenvalue weighted by atomic mass is 16.5. The first kappa shape index (κ1) is 19.6. The minimum atomic E-state index is -1.08. The Balaban J connectivity index is 2.49. The summed E-state index contributed by atoms with van der Waals surface area (Å²) in [6.45, 7) is 10.2. The molecule has 0 fully saturated rings. The standard InChI is InChI=1S/C22H31NO2/c1-4-23(5-2)17-21(18-25-6-3)22(24,19-13-9-7-10-14-19)20-15-11-8-12-16-20/h7-16,21,24H,4-6,17-18H2,1-3H3. The van der Waals surface area contributed by atoms with Gasteiger partial charge in [0.2, 0.25) is 0 Å². The summed E-state index contributed by atoms with van der Waals surface area (Å²) in [7, 11) is 0. The zero-order valence-electron chi connectivity index (χ0n) is 15.7. The molecule has 0 aliphatic heterocycles. The second-order valence-corrected chi connectivity index (χ2v) is 6.34. The SMILES string of the molecule is CCOCC(CN(CC)CC)C(O)(c1ccccc1)c1ccccc1. The molecule has 25 heavy (non-hydrogen) atoms. The monoisotopic (exact) mass is 341 g/mol. The van der Waals surface area contributed by atoms with E-state index in [-0.39, 0.29) is 5.92 Å². The van der Waals surface area contributed by atoms with Gasteiger partial charge in [-0.25, -0.2) is 0 Å². The Morgan fingerprint density at radius 1 is 0.880 bits per heavy atom. The second-order valence-electron chi connectivity index (χ2n) is 6.34. The molecule has 1 unspecified atom stereocenters. The fraction of sp³-hybridized carbons (Fsp3) is 0.455. The Morgan fingerprint density at radius 2 is 1.36 bits per heavy atom. The summed E-state index contributed by atoms with van der Waals surface area (Å²) in [6.07, 6.45) is 0. The van der Waals surface area contributed by atoms with Gasteiger partial charge in [-0.3, -0.25) is 0 Å². The molecule has 0 saturated carbocycles. The van der Waals surface area contributed by atoms with Crippen LogP contribution in [-0.4, -0.2) is 42.9 Å². The molecule has 0 amide bonds. The van der Waals surface area contributed by atoms with Gasteiger partial charge in [0.25, 0.3) is 0 Å². The maximum atomic E-state index is 12.0. The van der Waals surface area contributed by atoms with Gasteiger partial charge in [-0.15, -0.1) is 0 Å². The lowest BCUT2D eigenvalue weighted by molar-refractivity contribution is -0.0411. The number of benzene rings is 2. The van der Waals surface area contributed by atoms with Gasteiger partial charge in [-0.05, 0) is 31.1 Å². The summed E-state index contributed by atoms with van der Waals surface area (Å²) in [5.74, 6) is -0.0582. The molecule has 2 aromatic rings. The van der Waals surface area contributed by atoms with E-state index in [0.717, 1.165) is 30.8 Å². The van der Waals surface area contributed by atoms with Crippen molar-refractivity contribution in [3.63, 3.8) is 0 Å². The van der Waals surface area contributed by atoms with Gasteiger partial charge < -0.3 is 14.7 Å². The number of nitrogens with zero attached hydrogens (tertiary/aromatic N) is 1. The van der Waals surface area contributed by atoms with Crippen LogP contribution in [0.2, 0.25) is 0 Å². The van der Waals surface area contributed by atoms with Gasteiger partial charge >= 0.3 is 0 Å². The van der Waals surface area contributed by atoms with E-state index >= 15 is 0 Å². The Labute approximate surface area is 152 Å². The molecule has 2 rings (SSSR count). The van der Waals surface area contributed by atoms with Crippen LogP contribution in [0.5, 0.6) is 0 Å². The Bertz CT molecular complexity index is 556. The van der Waals surface area contributed by atoms with E-state index in [2.05, 4.69) is 18.7 Å². The van der Waals surface area contributed by atoms with Crippen molar-refractivity contribution in [3.8, 4) is 0 Å². The normalized spacial score (nSPS) is 13.2. The third kappa shape index (κ3) is 4.69. The summed E-state index contributed by atoms with van der Waals surface area (Å²) in [5.41, 5.74) is 0.747. The maximum Gasteiger partial charge on any atom is 0.121 e. The van der Waals surface area contributed by atoms with E-state index in [9.17, 15) is 5.11 Å². The van der Waals surface area contributed by atoms with Gasteiger partial charge in [0.15, 0.2) is 0 Å². The van der Waals surface area contributed by atoms with E-state index in [1.165, 1.54) is 0 Å². The van der Waals surface area contributed by atoms with Crippen LogP contribution in [0.15, 0.2) is 60.7 Å². The van der Waals surface area contributed by atoms with Crippen molar-refractivity contribution in [2.45, 2.75) is 26.4 Å². The van der Waals surface area contributed by atoms with Crippen LogP contribution in [0, 0.1) is 5.92 Å². The summed E-state index contributed by atoms with van der Waals surface area (Å²) in [6, 6.07) is 19.9. The average Bonchev–Trinajstić information content (AvgIpc) is 2.69. The number of hydrogen-bond acceptors (Lipinski definition) is 3. The first-order valence-corrected chi connectivity index (χ1v) is 9.30. The first-order chi connectivity index (χ1) is 12.2. The molecular weight excluding hydrogens is 310 g/mol. The fourth-order valence-electron chi connectivity index (χ4n) is 3.38.